The van der Waals surface area contributed by atoms with Gasteiger partial charge in [0, 0.05) is 50.9 Å². The Balaban J connectivity index is 1.51. The fourth-order valence-electron chi connectivity index (χ4n) is 4.99. The number of benzene rings is 2. The van der Waals surface area contributed by atoms with E-state index in [0.717, 1.165) is 24.8 Å². The number of halogens is 1. The second-order valence-corrected chi connectivity index (χ2v) is 10.2. The zero-order valence-electron chi connectivity index (χ0n) is 22.4. The molecule has 0 unspecified atom stereocenters. The van der Waals surface area contributed by atoms with Crippen molar-refractivity contribution in [1.29, 1.82) is 0 Å². The summed E-state index contributed by atoms with van der Waals surface area (Å²) in [4.78, 5) is 42.8. The highest BCUT2D eigenvalue weighted by atomic mass is 19.1. The van der Waals surface area contributed by atoms with Crippen LogP contribution >= 0.6 is 0 Å². The normalized spacial score (nSPS) is 14.2. The van der Waals surface area contributed by atoms with Crippen molar-refractivity contribution in [2.75, 3.05) is 47.4 Å². The van der Waals surface area contributed by atoms with Crippen molar-refractivity contribution in [3.8, 4) is 5.75 Å². The maximum absolute atomic E-state index is 13.6. The van der Waals surface area contributed by atoms with E-state index in [1.54, 1.807) is 29.9 Å². The summed E-state index contributed by atoms with van der Waals surface area (Å²) in [6.45, 7) is 2.17. The van der Waals surface area contributed by atoms with Crippen molar-refractivity contribution in [3.05, 3.63) is 65.1 Å². The molecule has 2 heterocycles. The number of ketones is 1. The van der Waals surface area contributed by atoms with Gasteiger partial charge in [-0.05, 0) is 63.0 Å². The minimum absolute atomic E-state index is 0.165. The van der Waals surface area contributed by atoms with Crippen LogP contribution in [0, 0.1) is 11.7 Å². The number of Topliss-reactive ketones (excluding diaryl/α,β-unsaturated/α-hetero) is 1. The smallest absolute Gasteiger partial charge is 0.292 e. The average molecular weight is 523 g/mol. The first-order chi connectivity index (χ1) is 18.2. The number of amides is 2. The summed E-state index contributed by atoms with van der Waals surface area (Å²) in [5, 5.41) is 3.20. The highest BCUT2D eigenvalue weighted by molar-refractivity contribution is 6.45. The molecule has 2 aromatic carbocycles. The predicted octanol–water partition coefficient (Wildman–Crippen LogP) is 3.28. The third-order valence-corrected chi connectivity index (χ3v) is 7.18. The average Bonchev–Trinajstić information content (AvgIpc) is 3.23. The van der Waals surface area contributed by atoms with E-state index in [1.807, 2.05) is 36.0 Å². The number of rotatable bonds is 9. The minimum Gasteiger partial charge on any atom is -0.496 e. The first-order valence-corrected chi connectivity index (χ1v) is 12.9. The van der Waals surface area contributed by atoms with Crippen LogP contribution in [0.4, 0.5) is 4.39 Å². The number of nitrogens with one attached hydrogen (secondary N) is 1. The van der Waals surface area contributed by atoms with Crippen molar-refractivity contribution in [2.45, 2.75) is 19.3 Å². The van der Waals surface area contributed by atoms with Crippen molar-refractivity contribution >= 4 is 28.5 Å². The second-order valence-electron chi connectivity index (χ2n) is 10.2. The van der Waals surface area contributed by atoms with E-state index in [2.05, 4.69) is 5.32 Å². The van der Waals surface area contributed by atoms with Crippen LogP contribution < -0.4 is 10.1 Å². The molecule has 2 amide bonds. The van der Waals surface area contributed by atoms with E-state index in [0.29, 0.717) is 54.3 Å². The Morgan fingerprint density at radius 2 is 1.76 bits per heavy atom. The van der Waals surface area contributed by atoms with Crippen LogP contribution in [0.3, 0.4) is 0 Å². The molecule has 0 radical (unpaired) electrons. The Morgan fingerprint density at radius 1 is 1.08 bits per heavy atom. The largest absolute Gasteiger partial charge is 0.496 e. The van der Waals surface area contributed by atoms with Gasteiger partial charge >= 0.3 is 0 Å². The van der Waals surface area contributed by atoms with Gasteiger partial charge in [0.2, 0.25) is 0 Å². The monoisotopic (exact) mass is 522 g/mol. The van der Waals surface area contributed by atoms with Gasteiger partial charge < -0.3 is 24.4 Å². The number of methoxy groups -OCH3 is 1. The van der Waals surface area contributed by atoms with Crippen LogP contribution in [-0.2, 0) is 18.3 Å². The molecular weight excluding hydrogens is 487 g/mol. The number of piperidine rings is 1. The second kappa shape index (κ2) is 11.8. The summed E-state index contributed by atoms with van der Waals surface area (Å²) in [6.07, 6.45) is 4.16. The number of ether oxygens (including phenoxy) is 1. The topological polar surface area (TPSA) is 83.9 Å². The summed E-state index contributed by atoms with van der Waals surface area (Å²) in [7, 11) is 7.08. The van der Waals surface area contributed by atoms with E-state index in [-0.39, 0.29) is 17.3 Å². The van der Waals surface area contributed by atoms with Gasteiger partial charge in [0.1, 0.15) is 11.6 Å². The molecule has 0 spiro atoms. The van der Waals surface area contributed by atoms with Gasteiger partial charge in [-0.25, -0.2) is 4.39 Å². The lowest BCUT2D eigenvalue weighted by Crippen LogP contribution is -2.39. The Hall–Kier alpha value is -3.72. The van der Waals surface area contributed by atoms with E-state index >= 15 is 0 Å². The SMILES string of the molecule is COc1cc2c(cc1C(=O)N1CCC(Cc3ccc(F)cc3)CC1)c(C(=O)C(=O)NCCN(C)C)cn2C. The summed E-state index contributed by atoms with van der Waals surface area (Å²) in [5.41, 5.74) is 2.40. The van der Waals surface area contributed by atoms with Crippen LogP contribution in [0.15, 0.2) is 42.6 Å². The first kappa shape index (κ1) is 27.3. The third kappa shape index (κ3) is 6.05. The number of hydrogen-bond acceptors (Lipinski definition) is 5. The number of nitrogens with zero attached hydrogens (tertiary/aromatic N) is 3. The molecule has 0 saturated carbocycles. The van der Waals surface area contributed by atoms with Crippen LogP contribution in [0.25, 0.3) is 10.9 Å². The van der Waals surface area contributed by atoms with E-state index < -0.39 is 11.7 Å². The lowest BCUT2D eigenvalue weighted by molar-refractivity contribution is -0.117. The molecule has 0 bridgehead atoms. The molecule has 8 nitrogen and oxygen atoms in total. The lowest BCUT2D eigenvalue weighted by atomic mass is 9.90. The summed E-state index contributed by atoms with van der Waals surface area (Å²) in [5.74, 6) is -0.884. The van der Waals surface area contributed by atoms with E-state index in [9.17, 15) is 18.8 Å². The highest BCUT2D eigenvalue weighted by Crippen LogP contribution is 2.32. The number of likely N-dealkylation sites (tertiary alicyclic amines) is 1. The number of aryl methyl sites for hydroxylation is 1. The Labute approximate surface area is 222 Å². The van der Waals surface area contributed by atoms with Crippen molar-refractivity contribution in [3.63, 3.8) is 0 Å². The Bertz CT molecular complexity index is 1320. The van der Waals surface area contributed by atoms with Gasteiger partial charge in [-0.15, -0.1) is 0 Å². The van der Waals surface area contributed by atoms with Crippen LogP contribution in [0.1, 0.15) is 39.1 Å². The number of hydrogen-bond donors (Lipinski definition) is 1. The quantitative estimate of drug-likeness (QED) is 0.345. The minimum atomic E-state index is -0.675. The Kier molecular flexibility index (Phi) is 8.46. The van der Waals surface area contributed by atoms with Gasteiger partial charge in [-0.3, -0.25) is 14.4 Å². The van der Waals surface area contributed by atoms with Crippen molar-refractivity contribution in [2.24, 2.45) is 13.0 Å². The third-order valence-electron chi connectivity index (χ3n) is 7.18. The standard InChI is InChI=1S/C29H35FN4O4/c1-32(2)14-11-31-28(36)27(35)24-18-33(3)25-17-26(38-4)23(16-22(24)25)29(37)34-12-9-20(10-13-34)15-19-5-7-21(30)8-6-19/h5-8,16-18,20H,9-15H2,1-4H3,(H,31,36). The fourth-order valence-corrected chi connectivity index (χ4v) is 4.99. The van der Waals surface area contributed by atoms with Gasteiger partial charge in [0.15, 0.2) is 0 Å². The van der Waals surface area contributed by atoms with Gasteiger partial charge in [0.25, 0.3) is 17.6 Å². The van der Waals surface area contributed by atoms with Gasteiger partial charge in [-0.2, -0.15) is 0 Å². The van der Waals surface area contributed by atoms with Gasteiger partial charge in [0.05, 0.1) is 23.8 Å². The number of aromatic nitrogens is 1. The zero-order valence-corrected chi connectivity index (χ0v) is 22.4. The van der Waals surface area contributed by atoms with E-state index in [4.69, 9.17) is 4.74 Å². The highest BCUT2D eigenvalue weighted by Gasteiger charge is 2.28. The summed E-state index contributed by atoms with van der Waals surface area (Å²) >= 11 is 0. The fraction of sp³-hybridized carbons (Fsp3) is 0.414. The maximum Gasteiger partial charge on any atom is 0.292 e. The molecule has 4 rings (SSSR count). The molecule has 0 atom stereocenters. The molecule has 1 N–H and O–H groups in total. The van der Waals surface area contributed by atoms with Crippen LogP contribution in [0.5, 0.6) is 5.75 Å². The van der Waals surface area contributed by atoms with Crippen LogP contribution in [0.2, 0.25) is 0 Å². The van der Waals surface area contributed by atoms with Crippen molar-refractivity contribution < 1.29 is 23.5 Å². The molecule has 0 aliphatic carbocycles. The lowest BCUT2D eigenvalue weighted by Gasteiger charge is -2.32. The molecule has 3 aromatic rings. The molecule has 202 valence electrons. The van der Waals surface area contributed by atoms with Crippen LogP contribution in [-0.4, -0.2) is 79.3 Å². The molecule has 1 aromatic heterocycles. The van der Waals surface area contributed by atoms with Gasteiger partial charge in [-0.1, -0.05) is 12.1 Å². The summed E-state index contributed by atoms with van der Waals surface area (Å²) < 4.78 is 20.5. The van der Waals surface area contributed by atoms with Crippen molar-refractivity contribution in [1.82, 2.24) is 19.7 Å². The molecule has 1 aliphatic rings. The molecular formula is C29H35FN4O4. The molecule has 1 aliphatic heterocycles. The number of carbonyl (C=O) groups excluding carboxylic acids is 3. The number of likely N-dealkylation sites (N-methyl/N-ethyl adjacent to an activating group) is 1. The zero-order chi connectivity index (χ0) is 27.4. The molecule has 9 heteroatoms. The number of fused-ring (bicyclic) bond motifs is 1. The van der Waals surface area contributed by atoms with E-state index in [1.165, 1.54) is 19.2 Å². The maximum atomic E-state index is 13.6. The Morgan fingerprint density at radius 3 is 2.39 bits per heavy atom. The first-order valence-electron chi connectivity index (χ1n) is 12.9. The predicted molar refractivity (Wildman–Crippen MR) is 144 cm³/mol. The number of carbonyl (C=O) groups is 3. The molecule has 1 fully saturated rings. The molecule has 1 saturated heterocycles. The molecule has 38 heavy (non-hydrogen) atoms. The summed E-state index contributed by atoms with van der Waals surface area (Å²) in [6, 6.07) is 9.99.